The van der Waals surface area contributed by atoms with Gasteiger partial charge >= 0.3 is 0 Å². The summed E-state index contributed by atoms with van der Waals surface area (Å²) in [6.07, 6.45) is 0. The fourth-order valence-electron chi connectivity index (χ4n) is 3.54. The lowest BCUT2D eigenvalue weighted by molar-refractivity contribution is -1.03. The van der Waals surface area contributed by atoms with Gasteiger partial charge in [0.1, 0.15) is 45.1 Å². The lowest BCUT2D eigenvalue weighted by Gasteiger charge is -2.31. The first-order chi connectivity index (χ1) is 13.7. The van der Waals surface area contributed by atoms with Crippen molar-refractivity contribution < 1.29 is 19.0 Å². The molecule has 1 aliphatic heterocycles. The molecule has 0 bridgehead atoms. The Morgan fingerprint density at radius 1 is 1.14 bits per heavy atom. The molecule has 0 aliphatic carbocycles. The molecule has 2 aromatic heterocycles. The number of thiophene rings is 1. The highest BCUT2D eigenvalue weighted by Crippen LogP contribution is 2.24. The van der Waals surface area contributed by atoms with E-state index in [4.69, 9.17) is 20.8 Å². The molecule has 28 heavy (non-hydrogen) atoms. The lowest BCUT2D eigenvalue weighted by atomic mass is 10.2. The summed E-state index contributed by atoms with van der Waals surface area (Å²) >= 11 is 7.52. The van der Waals surface area contributed by atoms with Crippen LogP contribution in [-0.4, -0.2) is 49.5 Å². The van der Waals surface area contributed by atoms with E-state index in [0.717, 1.165) is 60.9 Å². The van der Waals surface area contributed by atoms with Crippen LogP contribution in [0.25, 0.3) is 10.8 Å². The Kier molecular flexibility index (Phi) is 6.26. The normalized spacial score (nSPS) is 20.8. The molecule has 1 fully saturated rings. The quantitative estimate of drug-likeness (QED) is 0.606. The predicted molar refractivity (Wildman–Crippen MR) is 109 cm³/mol. The topological polar surface area (TPSA) is 57.0 Å². The van der Waals surface area contributed by atoms with Crippen LogP contribution in [0.3, 0.4) is 0 Å². The Morgan fingerprint density at radius 2 is 1.93 bits per heavy atom. The van der Waals surface area contributed by atoms with Crippen molar-refractivity contribution in [1.29, 1.82) is 0 Å². The molecule has 0 unspecified atom stereocenters. The maximum atomic E-state index is 5.92. The summed E-state index contributed by atoms with van der Waals surface area (Å²) in [6, 6.07) is 11.8. The van der Waals surface area contributed by atoms with Crippen LogP contribution >= 0.6 is 22.9 Å². The summed E-state index contributed by atoms with van der Waals surface area (Å²) in [4.78, 5) is 4.11. The number of aromatic nitrogens is 2. The number of benzene rings is 1. The predicted octanol–water partition coefficient (Wildman–Crippen LogP) is 1.37. The molecule has 6 nitrogen and oxygen atoms in total. The van der Waals surface area contributed by atoms with Gasteiger partial charge in [0.05, 0.1) is 4.88 Å². The summed E-state index contributed by atoms with van der Waals surface area (Å²) in [6.45, 7) is 8.33. The Labute approximate surface area is 173 Å². The molecule has 0 saturated carbocycles. The zero-order valence-electron chi connectivity index (χ0n) is 15.9. The molecular formula is C20H25ClN4O2S+2. The van der Waals surface area contributed by atoms with Crippen molar-refractivity contribution in [1.82, 2.24) is 10.2 Å². The number of rotatable bonds is 7. The van der Waals surface area contributed by atoms with E-state index in [9.17, 15) is 0 Å². The van der Waals surface area contributed by atoms with Gasteiger partial charge < -0.3 is 19.0 Å². The highest BCUT2D eigenvalue weighted by atomic mass is 35.5. The number of halogens is 1. The zero-order valence-corrected chi connectivity index (χ0v) is 17.4. The summed E-state index contributed by atoms with van der Waals surface area (Å²) in [5.41, 5.74) is 0. The molecular weight excluding hydrogens is 396 g/mol. The van der Waals surface area contributed by atoms with Gasteiger partial charge in [0, 0.05) is 5.02 Å². The molecule has 1 aromatic carbocycles. The van der Waals surface area contributed by atoms with Crippen LogP contribution in [0, 0.1) is 0 Å². The van der Waals surface area contributed by atoms with E-state index < -0.39 is 0 Å². The number of ether oxygens (including phenoxy) is 1. The van der Waals surface area contributed by atoms with Crippen LogP contribution in [0.15, 0.2) is 46.2 Å². The molecule has 0 spiro atoms. The van der Waals surface area contributed by atoms with Crippen LogP contribution in [0.1, 0.15) is 18.9 Å². The third-order valence-electron chi connectivity index (χ3n) is 5.29. The molecule has 2 N–H and O–H groups in total. The summed E-state index contributed by atoms with van der Waals surface area (Å²) in [5, 5.41) is 11.3. The van der Waals surface area contributed by atoms with E-state index in [0.29, 0.717) is 5.89 Å². The van der Waals surface area contributed by atoms with Crippen molar-refractivity contribution in [3.8, 4) is 16.5 Å². The second kappa shape index (κ2) is 9.05. The molecule has 3 heterocycles. The van der Waals surface area contributed by atoms with Crippen LogP contribution in [0.4, 0.5) is 0 Å². The summed E-state index contributed by atoms with van der Waals surface area (Å²) < 4.78 is 11.8. The number of hydrogen-bond acceptors (Lipinski definition) is 5. The number of nitrogens with one attached hydrogen (secondary N) is 2. The fourth-order valence-corrected chi connectivity index (χ4v) is 4.31. The Bertz CT molecular complexity index is 861. The van der Waals surface area contributed by atoms with Gasteiger partial charge in [-0.3, -0.25) is 0 Å². The van der Waals surface area contributed by atoms with E-state index in [1.54, 1.807) is 16.2 Å². The molecule has 1 saturated heterocycles. The van der Waals surface area contributed by atoms with Crippen LogP contribution in [0.5, 0.6) is 5.75 Å². The van der Waals surface area contributed by atoms with Crippen molar-refractivity contribution in [3.63, 3.8) is 0 Å². The number of hydrogen-bond donors (Lipinski definition) is 2. The number of piperazine rings is 1. The van der Waals surface area contributed by atoms with Gasteiger partial charge in [-0.2, -0.15) is 0 Å². The molecule has 0 radical (unpaired) electrons. The zero-order chi connectivity index (χ0) is 19.3. The Hall–Kier alpha value is -1.93. The maximum Gasteiger partial charge on any atom is 0.274 e. The van der Waals surface area contributed by atoms with Crippen LogP contribution < -0.4 is 14.5 Å². The second-order valence-electron chi connectivity index (χ2n) is 7.11. The summed E-state index contributed by atoms with van der Waals surface area (Å²) in [5.74, 6) is 2.23. The van der Waals surface area contributed by atoms with Crippen molar-refractivity contribution in [3.05, 3.63) is 52.7 Å². The first-order valence-electron chi connectivity index (χ1n) is 9.63. The SMILES string of the molecule is C[C@H](c1nnc(-c2cccs2)o1)[NH+]1CC[NH+](CCOc2ccc(Cl)cc2)CC1. The van der Waals surface area contributed by atoms with E-state index in [2.05, 4.69) is 17.1 Å². The molecule has 0 amide bonds. The van der Waals surface area contributed by atoms with Gasteiger partial charge in [-0.1, -0.05) is 17.7 Å². The van der Waals surface area contributed by atoms with Crippen LogP contribution in [-0.2, 0) is 0 Å². The minimum Gasteiger partial charge on any atom is -0.488 e. The molecule has 1 atom stereocenters. The third-order valence-corrected chi connectivity index (χ3v) is 6.40. The monoisotopic (exact) mass is 420 g/mol. The highest BCUT2D eigenvalue weighted by Gasteiger charge is 2.31. The highest BCUT2D eigenvalue weighted by molar-refractivity contribution is 7.13. The average molecular weight is 421 g/mol. The summed E-state index contributed by atoms with van der Waals surface area (Å²) in [7, 11) is 0. The first-order valence-corrected chi connectivity index (χ1v) is 10.9. The maximum absolute atomic E-state index is 5.92. The molecule has 3 aromatic rings. The smallest absolute Gasteiger partial charge is 0.274 e. The van der Waals surface area contributed by atoms with Crippen molar-refractivity contribution in [2.75, 3.05) is 39.3 Å². The van der Waals surface area contributed by atoms with E-state index in [1.165, 1.54) is 4.90 Å². The standard InChI is InChI=1S/C20H23ClN4O2S/c1-15(19-22-23-20(27-19)18-3-2-14-28-18)25-10-8-24(9-11-25)12-13-26-17-6-4-16(21)5-7-17/h2-7,14-15H,8-13H2,1H3/p+2/t15-/m1/s1. The number of nitrogens with zero attached hydrogens (tertiary/aromatic N) is 2. The van der Waals surface area contributed by atoms with Gasteiger partial charge in [0.2, 0.25) is 0 Å². The molecule has 148 valence electrons. The van der Waals surface area contributed by atoms with Gasteiger partial charge in [-0.05, 0) is 42.6 Å². The van der Waals surface area contributed by atoms with Crippen molar-refractivity contribution in [2.24, 2.45) is 0 Å². The van der Waals surface area contributed by atoms with E-state index >= 15 is 0 Å². The lowest BCUT2D eigenvalue weighted by Crippen LogP contribution is -3.28. The largest absolute Gasteiger partial charge is 0.488 e. The Morgan fingerprint density at radius 3 is 2.64 bits per heavy atom. The van der Waals surface area contributed by atoms with E-state index in [1.807, 2.05) is 41.8 Å². The molecule has 4 rings (SSSR count). The molecule has 8 heteroatoms. The second-order valence-corrected chi connectivity index (χ2v) is 8.49. The van der Waals surface area contributed by atoms with E-state index in [-0.39, 0.29) is 6.04 Å². The van der Waals surface area contributed by atoms with Crippen molar-refractivity contribution >= 4 is 22.9 Å². The van der Waals surface area contributed by atoms with Crippen molar-refractivity contribution in [2.45, 2.75) is 13.0 Å². The van der Waals surface area contributed by atoms with Gasteiger partial charge in [0.25, 0.3) is 11.8 Å². The average Bonchev–Trinajstić information content (AvgIpc) is 3.41. The minimum atomic E-state index is 0.216. The van der Waals surface area contributed by atoms with Gasteiger partial charge in [0.15, 0.2) is 6.04 Å². The van der Waals surface area contributed by atoms with Gasteiger partial charge in [-0.15, -0.1) is 21.5 Å². The first kappa shape index (κ1) is 19.4. The third kappa shape index (κ3) is 4.72. The minimum absolute atomic E-state index is 0.216. The molecule has 1 aliphatic rings. The number of quaternary nitrogens is 2. The fraction of sp³-hybridized carbons (Fsp3) is 0.400. The van der Waals surface area contributed by atoms with Crippen LogP contribution in [0.2, 0.25) is 5.02 Å². The van der Waals surface area contributed by atoms with Gasteiger partial charge in [-0.25, -0.2) is 0 Å². The Balaban J connectivity index is 1.23.